The van der Waals surface area contributed by atoms with Crippen LogP contribution in [0.15, 0.2) is 35.3 Å². The SMILES string of the molecule is Cc1c(CC(=O)N[C@H](C)c2ccc(C#N)cn2)c(=O)[nH]c2ccc(C(F)(F)F)nc12.[HH].[HH]. The fourth-order valence-corrected chi connectivity index (χ4v) is 2.98. The van der Waals surface area contributed by atoms with Crippen LogP contribution in [0.4, 0.5) is 13.2 Å². The molecule has 0 fully saturated rings. The molecule has 0 unspecified atom stereocenters. The van der Waals surface area contributed by atoms with E-state index in [4.69, 9.17) is 5.26 Å². The molecule has 0 saturated carbocycles. The van der Waals surface area contributed by atoms with Crippen LogP contribution in [-0.4, -0.2) is 20.9 Å². The summed E-state index contributed by atoms with van der Waals surface area (Å²) in [6, 6.07) is 6.53. The van der Waals surface area contributed by atoms with Crippen LogP contribution in [0.1, 0.15) is 43.9 Å². The first kappa shape index (κ1) is 21.0. The van der Waals surface area contributed by atoms with E-state index in [1.54, 1.807) is 19.1 Å². The van der Waals surface area contributed by atoms with Crippen LogP contribution < -0.4 is 10.9 Å². The molecule has 0 aliphatic carbocycles. The molecule has 0 spiro atoms. The topological polar surface area (TPSA) is 112 Å². The summed E-state index contributed by atoms with van der Waals surface area (Å²) in [5.41, 5.74) is -0.379. The summed E-state index contributed by atoms with van der Waals surface area (Å²) in [7, 11) is 0. The van der Waals surface area contributed by atoms with Crippen LogP contribution in [0.5, 0.6) is 0 Å². The highest BCUT2D eigenvalue weighted by molar-refractivity contribution is 5.83. The number of carbonyl (C=O) groups excluding carboxylic acids is 1. The molecule has 10 heteroatoms. The summed E-state index contributed by atoms with van der Waals surface area (Å²) in [4.78, 5) is 35.0. The summed E-state index contributed by atoms with van der Waals surface area (Å²) in [5.74, 6) is -0.506. The average Bonchev–Trinajstić information content (AvgIpc) is 2.70. The average molecular weight is 419 g/mol. The Labute approximate surface area is 171 Å². The molecule has 3 heterocycles. The molecule has 158 valence electrons. The largest absolute Gasteiger partial charge is 0.433 e. The van der Waals surface area contributed by atoms with Crippen molar-refractivity contribution in [2.45, 2.75) is 32.5 Å². The second kappa shape index (κ2) is 7.94. The highest BCUT2D eigenvalue weighted by Gasteiger charge is 2.32. The van der Waals surface area contributed by atoms with Gasteiger partial charge in [0.25, 0.3) is 5.56 Å². The molecule has 0 aliphatic rings. The third kappa shape index (κ3) is 4.30. The lowest BCUT2D eigenvalue weighted by Crippen LogP contribution is -2.31. The number of nitriles is 1. The summed E-state index contributed by atoms with van der Waals surface area (Å²) in [6.07, 6.45) is -3.59. The number of carbonyl (C=O) groups is 1. The molecule has 0 bridgehead atoms. The first-order valence-electron chi connectivity index (χ1n) is 8.85. The summed E-state index contributed by atoms with van der Waals surface area (Å²) in [5, 5.41) is 11.5. The number of aryl methyl sites for hydroxylation is 1. The molecule has 2 N–H and O–H groups in total. The highest BCUT2D eigenvalue weighted by Crippen LogP contribution is 2.29. The molecule has 0 aliphatic heterocycles. The Morgan fingerprint density at radius 2 is 2.07 bits per heavy atom. The molecule has 3 aromatic heterocycles. The maximum atomic E-state index is 13.0. The number of aromatic nitrogens is 3. The van der Waals surface area contributed by atoms with Gasteiger partial charge in [0.15, 0.2) is 0 Å². The zero-order chi connectivity index (χ0) is 22.1. The fraction of sp³-hybridized carbons (Fsp3) is 0.250. The van der Waals surface area contributed by atoms with E-state index in [2.05, 4.69) is 20.3 Å². The molecule has 30 heavy (non-hydrogen) atoms. The van der Waals surface area contributed by atoms with E-state index in [1.807, 2.05) is 6.07 Å². The van der Waals surface area contributed by atoms with Crippen LogP contribution >= 0.6 is 0 Å². The third-order valence-electron chi connectivity index (χ3n) is 4.59. The number of nitrogens with one attached hydrogen (secondary N) is 2. The van der Waals surface area contributed by atoms with Gasteiger partial charge in [-0.15, -0.1) is 0 Å². The van der Waals surface area contributed by atoms with Crippen molar-refractivity contribution in [3.05, 3.63) is 68.9 Å². The van der Waals surface area contributed by atoms with Crippen LogP contribution in [0.3, 0.4) is 0 Å². The second-order valence-corrected chi connectivity index (χ2v) is 6.70. The Kier molecular flexibility index (Phi) is 5.56. The van der Waals surface area contributed by atoms with Crippen molar-refractivity contribution in [1.82, 2.24) is 20.3 Å². The van der Waals surface area contributed by atoms with Crippen molar-refractivity contribution < 1.29 is 20.8 Å². The van der Waals surface area contributed by atoms with Gasteiger partial charge in [-0.3, -0.25) is 14.6 Å². The molecule has 1 atom stereocenters. The quantitative estimate of drug-likeness (QED) is 0.673. The van der Waals surface area contributed by atoms with Gasteiger partial charge in [-0.25, -0.2) is 4.98 Å². The number of H-pyrrole nitrogens is 1. The number of rotatable bonds is 4. The molecule has 7 nitrogen and oxygen atoms in total. The number of amides is 1. The zero-order valence-electron chi connectivity index (χ0n) is 16.0. The van der Waals surface area contributed by atoms with E-state index in [0.717, 1.165) is 12.1 Å². The van der Waals surface area contributed by atoms with Crippen LogP contribution in [0.2, 0.25) is 0 Å². The van der Waals surface area contributed by atoms with Gasteiger partial charge in [-0.1, -0.05) is 0 Å². The van der Waals surface area contributed by atoms with E-state index in [-0.39, 0.29) is 31.4 Å². The van der Waals surface area contributed by atoms with Crippen molar-refractivity contribution in [3.8, 4) is 6.07 Å². The van der Waals surface area contributed by atoms with Gasteiger partial charge in [0.05, 0.1) is 34.8 Å². The number of fused-ring (bicyclic) bond motifs is 1. The van der Waals surface area contributed by atoms with Gasteiger partial charge in [0.2, 0.25) is 5.91 Å². The minimum atomic E-state index is -4.63. The summed E-state index contributed by atoms with van der Waals surface area (Å²) >= 11 is 0. The summed E-state index contributed by atoms with van der Waals surface area (Å²) < 4.78 is 38.9. The predicted molar refractivity (Wildman–Crippen MR) is 106 cm³/mol. The fourth-order valence-electron chi connectivity index (χ4n) is 2.98. The van der Waals surface area contributed by atoms with E-state index >= 15 is 0 Å². The number of halogens is 3. The Hall–Kier alpha value is -3.74. The van der Waals surface area contributed by atoms with E-state index in [9.17, 15) is 22.8 Å². The lowest BCUT2D eigenvalue weighted by molar-refractivity contribution is -0.141. The van der Waals surface area contributed by atoms with Crippen LogP contribution in [0.25, 0.3) is 11.0 Å². The minimum absolute atomic E-state index is 0. The van der Waals surface area contributed by atoms with Crippen LogP contribution in [0, 0.1) is 18.3 Å². The molecule has 3 aromatic rings. The monoisotopic (exact) mass is 419 g/mol. The minimum Gasteiger partial charge on any atom is -0.348 e. The lowest BCUT2D eigenvalue weighted by Gasteiger charge is -2.14. The van der Waals surface area contributed by atoms with Crippen molar-refractivity contribution in [2.75, 3.05) is 0 Å². The standard InChI is InChI=1S/C20H16F3N5O2.2H2/c1-10-13(7-17(29)26-11(2)14-4-3-12(8-24)9-25-14)19(30)27-15-5-6-16(20(21,22)23)28-18(10)15;;/h3-6,9,11H,7H2,1-2H3,(H,26,29)(H,27,30);2*1H/t11-;;/m1../s1. The van der Waals surface area contributed by atoms with Gasteiger partial charge >= 0.3 is 6.18 Å². The highest BCUT2D eigenvalue weighted by atomic mass is 19.4. The van der Waals surface area contributed by atoms with Crippen molar-refractivity contribution in [1.29, 1.82) is 5.26 Å². The maximum Gasteiger partial charge on any atom is 0.433 e. The molecular weight excluding hydrogens is 399 g/mol. The first-order chi connectivity index (χ1) is 14.1. The van der Waals surface area contributed by atoms with Crippen molar-refractivity contribution in [3.63, 3.8) is 0 Å². The van der Waals surface area contributed by atoms with Gasteiger partial charge in [-0.2, -0.15) is 18.4 Å². The van der Waals surface area contributed by atoms with Crippen molar-refractivity contribution >= 4 is 16.9 Å². The van der Waals surface area contributed by atoms with E-state index < -0.39 is 29.4 Å². The smallest absolute Gasteiger partial charge is 0.348 e. The number of nitrogens with zero attached hydrogens (tertiary/aromatic N) is 3. The molecule has 0 saturated heterocycles. The van der Waals surface area contributed by atoms with E-state index in [0.29, 0.717) is 11.3 Å². The van der Waals surface area contributed by atoms with Gasteiger partial charge in [0.1, 0.15) is 11.8 Å². The number of hydrogen-bond donors (Lipinski definition) is 2. The Morgan fingerprint density at radius 3 is 2.67 bits per heavy atom. The Morgan fingerprint density at radius 1 is 1.33 bits per heavy atom. The van der Waals surface area contributed by atoms with Gasteiger partial charge in [-0.05, 0) is 43.7 Å². The number of hydrogen-bond acceptors (Lipinski definition) is 5. The molecule has 0 radical (unpaired) electrons. The van der Waals surface area contributed by atoms with Crippen molar-refractivity contribution in [2.24, 2.45) is 0 Å². The predicted octanol–water partition coefficient (Wildman–Crippen LogP) is 3.43. The number of pyridine rings is 3. The first-order valence-corrected chi connectivity index (χ1v) is 8.85. The Bertz CT molecular complexity index is 1220. The summed E-state index contributed by atoms with van der Waals surface area (Å²) in [6.45, 7) is 3.14. The third-order valence-corrected chi connectivity index (χ3v) is 4.59. The number of aromatic amines is 1. The molecule has 0 aromatic carbocycles. The Balaban J connectivity index is 0.00000256. The van der Waals surface area contributed by atoms with Gasteiger partial charge < -0.3 is 10.3 Å². The molecule has 3 rings (SSSR count). The maximum absolute atomic E-state index is 13.0. The second-order valence-electron chi connectivity index (χ2n) is 6.70. The van der Waals surface area contributed by atoms with Gasteiger partial charge in [0, 0.05) is 14.6 Å². The normalized spacial score (nSPS) is 12.4. The molecular formula is C20H20F3N5O2. The number of alkyl halides is 3. The molecule has 1 amide bonds. The van der Waals surface area contributed by atoms with Crippen LogP contribution in [-0.2, 0) is 17.4 Å². The lowest BCUT2D eigenvalue weighted by atomic mass is 10.0. The van der Waals surface area contributed by atoms with E-state index in [1.165, 1.54) is 13.1 Å². The zero-order valence-corrected chi connectivity index (χ0v) is 16.0.